The molecular weight excluding hydrogens is 164 g/mol. The maximum atomic E-state index is 5.84. The molecule has 0 radical (unpaired) electrons. The Kier molecular flexibility index (Phi) is 1.98. The molecule has 3 N–H and O–H groups in total. The normalized spacial score (nSPS) is 13.4. The van der Waals surface area contributed by atoms with Crippen LogP contribution in [0.2, 0.25) is 0 Å². The lowest BCUT2D eigenvalue weighted by molar-refractivity contribution is 0.660. The highest BCUT2D eigenvalue weighted by Gasteiger charge is 2.08. The first-order valence-electron chi connectivity index (χ1n) is 4.36. The number of aromatic nitrogens is 3. The molecule has 0 aromatic carbocycles. The summed E-state index contributed by atoms with van der Waals surface area (Å²) in [6.07, 6.45) is 4.37. The van der Waals surface area contributed by atoms with Gasteiger partial charge in [0.05, 0.1) is 23.3 Å². The van der Waals surface area contributed by atoms with Gasteiger partial charge >= 0.3 is 0 Å². The fraction of sp³-hybridized carbons (Fsp3) is 0.333. The fourth-order valence-corrected chi connectivity index (χ4v) is 1.25. The van der Waals surface area contributed by atoms with Crippen LogP contribution >= 0.6 is 0 Å². The molecule has 13 heavy (non-hydrogen) atoms. The van der Waals surface area contributed by atoms with Gasteiger partial charge in [-0.05, 0) is 12.5 Å². The Morgan fingerprint density at radius 2 is 2.46 bits per heavy atom. The molecule has 2 aromatic heterocycles. The van der Waals surface area contributed by atoms with Crippen molar-refractivity contribution in [3.8, 4) is 0 Å². The Bertz CT molecular complexity index is 374. The first-order valence-corrected chi connectivity index (χ1v) is 4.36. The van der Waals surface area contributed by atoms with Crippen LogP contribution in [0, 0.1) is 0 Å². The van der Waals surface area contributed by atoms with Crippen molar-refractivity contribution in [2.45, 2.75) is 19.4 Å². The molecule has 0 spiro atoms. The van der Waals surface area contributed by atoms with Gasteiger partial charge in [-0.1, -0.05) is 6.92 Å². The van der Waals surface area contributed by atoms with Crippen LogP contribution in [0.4, 0.5) is 0 Å². The largest absolute Gasteiger partial charge is 0.339 e. The lowest BCUT2D eigenvalue weighted by Gasteiger charge is -2.02. The number of imidazole rings is 1. The van der Waals surface area contributed by atoms with E-state index in [1.807, 2.05) is 13.0 Å². The summed E-state index contributed by atoms with van der Waals surface area (Å²) in [4.78, 5) is 11.5. The second kappa shape index (κ2) is 3.14. The zero-order valence-corrected chi connectivity index (χ0v) is 7.49. The summed E-state index contributed by atoms with van der Waals surface area (Å²) in [5.74, 6) is 0.838. The SMILES string of the molecule is CCC(N)c1nc2ccncc2[nH]1. The van der Waals surface area contributed by atoms with Crippen molar-refractivity contribution in [2.75, 3.05) is 0 Å². The summed E-state index contributed by atoms with van der Waals surface area (Å²) in [6, 6.07) is 1.87. The highest BCUT2D eigenvalue weighted by atomic mass is 15.0. The molecule has 0 bridgehead atoms. The van der Waals surface area contributed by atoms with Crippen LogP contribution in [0.15, 0.2) is 18.5 Å². The molecule has 1 unspecified atom stereocenters. The van der Waals surface area contributed by atoms with Crippen molar-refractivity contribution in [3.05, 3.63) is 24.3 Å². The Hall–Kier alpha value is -1.42. The van der Waals surface area contributed by atoms with Crippen LogP contribution in [0.25, 0.3) is 11.0 Å². The predicted octanol–water partition coefficient (Wildman–Crippen LogP) is 1.37. The van der Waals surface area contributed by atoms with Crippen LogP contribution in [0.1, 0.15) is 25.2 Å². The van der Waals surface area contributed by atoms with E-state index in [0.717, 1.165) is 23.3 Å². The first kappa shape index (κ1) is 8.19. The second-order valence-electron chi connectivity index (χ2n) is 3.03. The summed E-state index contributed by atoms with van der Waals surface area (Å²) in [7, 11) is 0. The minimum Gasteiger partial charge on any atom is -0.339 e. The summed E-state index contributed by atoms with van der Waals surface area (Å²) in [5.41, 5.74) is 7.71. The number of rotatable bonds is 2. The van der Waals surface area contributed by atoms with Gasteiger partial charge in [0.25, 0.3) is 0 Å². The third-order valence-electron chi connectivity index (χ3n) is 2.09. The smallest absolute Gasteiger partial charge is 0.124 e. The Morgan fingerprint density at radius 3 is 3.15 bits per heavy atom. The summed E-state index contributed by atoms with van der Waals surface area (Å²) >= 11 is 0. The zero-order chi connectivity index (χ0) is 9.26. The topological polar surface area (TPSA) is 67.6 Å². The van der Waals surface area contributed by atoms with E-state index in [9.17, 15) is 0 Å². The molecular formula is C9H12N4. The third kappa shape index (κ3) is 1.40. The summed E-state index contributed by atoms with van der Waals surface area (Å²) in [6.45, 7) is 2.04. The lowest BCUT2D eigenvalue weighted by atomic mass is 10.2. The van der Waals surface area contributed by atoms with Gasteiger partial charge in [0.2, 0.25) is 0 Å². The highest BCUT2D eigenvalue weighted by Crippen LogP contribution is 2.14. The van der Waals surface area contributed by atoms with Gasteiger partial charge in [-0.15, -0.1) is 0 Å². The van der Waals surface area contributed by atoms with E-state index in [-0.39, 0.29) is 6.04 Å². The van der Waals surface area contributed by atoms with Crippen molar-refractivity contribution in [1.82, 2.24) is 15.0 Å². The number of pyridine rings is 1. The maximum Gasteiger partial charge on any atom is 0.124 e. The molecule has 2 rings (SSSR count). The fourth-order valence-electron chi connectivity index (χ4n) is 1.25. The Labute approximate surface area is 76.2 Å². The minimum atomic E-state index is -0.00704. The van der Waals surface area contributed by atoms with Gasteiger partial charge in [0.15, 0.2) is 0 Å². The molecule has 0 saturated carbocycles. The van der Waals surface area contributed by atoms with Gasteiger partial charge < -0.3 is 10.7 Å². The Balaban J connectivity index is 2.49. The minimum absolute atomic E-state index is 0.00704. The molecule has 0 aliphatic heterocycles. The quantitative estimate of drug-likeness (QED) is 0.726. The number of aromatic amines is 1. The van der Waals surface area contributed by atoms with Crippen molar-refractivity contribution >= 4 is 11.0 Å². The monoisotopic (exact) mass is 176 g/mol. The molecule has 0 amide bonds. The molecule has 0 saturated heterocycles. The second-order valence-corrected chi connectivity index (χ2v) is 3.03. The maximum absolute atomic E-state index is 5.84. The molecule has 0 aliphatic rings. The van der Waals surface area contributed by atoms with Crippen LogP contribution < -0.4 is 5.73 Å². The zero-order valence-electron chi connectivity index (χ0n) is 7.49. The molecule has 0 aliphatic carbocycles. The number of nitrogens with zero attached hydrogens (tertiary/aromatic N) is 2. The van der Waals surface area contributed by atoms with Crippen molar-refractivity contribution in [3.63, 3.8) is 0 Å². The number of hydrogen-bond donors (Lipinski definition) is 2. The van der Waals surface area contributed by atoms with E-state index in [1.54, 1.807) is 12.4 Å². The van der Waals surface area contributed by atoms with Crippen LogP contribution in [0.3, 0.4) is 0 Å². The molecule has 68 valence electrons. The number of nitrogens with two attached hydrogens (primary N) is 1. The first-order chi connectivity index (χ1) is 6.31. The van der Waals surface area contributed by atoms with Crippen molar-refractivity contribution in [1.29, 1.82) is 0 Å². The van der Waals surface area contributed by atoms with Gasteiger partial charge in [-0.3, -0.25) is 4.98 Å². The average molecular weight is 176 g/mol. The molecule has 4 heteroatoms. The average Bonchev–Trinajstić information content (AvgIpc) is 2.59. The molecule has 1 atom stereocenters. The standard InChI is InChI=1S/C9H12N4/c1-2-6(10)9-12-7-3-4-11-5-8(7)13-9/h3-6H,2,10H2,1H3,(H,12,13). The molecule has 4 nitrogen and oxygen atoms in total. The summed E-state index contributed by atoms with van der Waals surface area (Å²) in [5, 5.41) is 0. The van der Waals surface area contributed by atoms with E-state index in [4.69, 9.17) is 5.73 Å². The molecule has 2 heterocycles. The van der Waals surface area contributed by atoms with Crippen LogP contribution in [-0.2, 0) is 0 Å². The van der Waals surface area contributed by atoms with E-state index in [1.165, 1.54) is 0 Å². The van der Waals surface area contributed by atoms with Gasteiger partial charge in [-0.25, -0.2) is 4.98 Å². The molecule has 2 aromatic rings. The number of fused-ring (bicyclic) bond motifs is 1. The van der Waals surface area contributed by atoms with E-state index >= 15 is 0 Å². The van der Waals surface area contributed by atoms with Crippen LogP contribution in [0.5, 0.6) is 0 Å². The summed E-state index contributed by atoms with van der Waals surface area (Å²) < 4.78 is 0. The molecule has 0 fully saturated rings. The van der Waals surface area contributed by atoms with Crippen molar-refractivity contribution in [2.24, 2.45) is 5.73 Å². The Morgan fingerprint density at radius 1 is 1.62 bits per heavy atom. The number of hydrogen-bond acceptors (Lipinski definition) is 3. The van der Waals surface area contributed by atoms with Crippen molar-refractivity contribution < 1.29 is 0 Å². The van der Waals surface area contributed by atoms with Gasteiger partial charge in [0.1, 0.15) is 5.82 Å². The number of H-pyrrole nitrogens is 1. The predicted molar refractivity (Wildman–Crippen MR) is 51.1 cm³/mol. The van der Waals surface area contributed by atoms with E-state index in [2.05, 4.69) is 15.0 Å². The number of nitrogens with one attached hydrogen (secondary N) is 1. The van der Waals surface area contributed by atoms with Gasteiger partial charge in [0, 0.05) is 6.20 Å². The van der Waals surface area contributed by atoms with E-state index in [0.29, 0.717) is 0 Å². The third-order valence-corrected chi connectivity index (χ3v) is 2.09. The highest BCUT2D eigenvalue weighted by molar-refractivity contribution is 5.73. The van der Waals surface area contributed by atoms with Gasteiger partial charge in [-0.2, -0.15) is 0 Å². The lowest BCUT2D eigenvalue weighted by Crippen LogP contribution is -2.10. The van der Waals surface area contributed by atoms with E-state index < -0.39 is 0 Å². The van der Waals surface area contributed by atoms with Crippen LogP contribution in [-0.4, -0.2) is 15.0 Å².